The van der Waals surface area contributed by atoms with E-state index in [4.69, 9.17) is 5.73 Å². The first kappa shape index (κ1) is 12.8. The number of nitrogens with zero attached hydrogens (tertiary/aromatic N) is 1. The van der Waals surface area contributed by atoms with Crippen LogP contribution in [0.1, 0.15) is 47.9 Å². The van der Waals surface area contributed by atoms with E-state index in [1.54, 1.807) is 6.20 Å². The van der Waals surface area contributed by atoms with Crippen molar-refractivity contribution in [2.75, 3.05) is 0 Å². The summed E-state index contributed by atoms with van der Waals surface area (Å²) in [4.78, 5) is 4.21. The second-order valence-electron chi connectivity index (χ2n) is 5.17. The number of hydrogen-bond donors (Lipinski definition) is 1. The number of aromatic nitrogens is 1. The summed E-state index contributed by atoms with van der Waals surface area (Å²) >= 11 is 3.46. The topological polar surface area (TPSA) is 38.9 Å². The molecule has 0 radical (unpaired) electrons. The highest BCUT2D eigenvalue weighted by molar-refractivity contribution is 9.10. The number of pyridine rings is 1. The Balaban J connectivity index is 1.97. The minimum atomic E-state index is -0.0956. The third-order valence-electron chi connectivity index (χ3n) is 3.96. The van der Waals surface area contributed by atoms with Gasteiger partial charge in [0, 0.05) is 16.9 Å². The lowest BCUT2D eigenvalue weighted by Gasteiger charge is -2.29. The zero-order valence-corrected chi connectivity index (χ0v) is 12.3. The first-order valence-electron chi connectivity index (χ1n) is 6.70. The molecule has 0 spiro atoms. The number of nitrogens with two attached hydrogens (primary N) is 1. The maximum atomic E-state index is 6.44. The van der Waals surface area contributed by atoms with E-state index in [2.05, 4.69) is 51.2 Å². The van der Waals surface area contributed by atoms with E-state index in [9.17, 15) is 0 Å². The van der Waals surface area contributed by atoms with Crippen molar-refractivity contribution >= 4 is 15.9 Å². The lowest BCUT2D eigenvalue weighted by atomic mass is 9.77. The Hall–Kier alpha value is -1.19. The number of rotatable bonds is 3. The summed E-state index contributed by atoms with van der Waals surface area (Å²) in [5.41, 5.74) is 10.2. The molecule has 2 nitrogen and oxygen atoms in total. The van der Waals surface area contributed by atoms with Crippen molar-refractivity contribution in [3.05, 3.63) is 63.9 Å². The van der Waals surface area contributed by atoms with Gasteiger partial charge in [-0.2, -0.15) is 0 Å². The van der Waals surface area contributed by atoms with Crippen LogP contribution in [0.5, 0.6) is 0 Å². The molecule has 0 amide bonds. The van der Waals surface area contributed by atoms with Crippen molar-refractivity contribution in [1.29, 1.82) is 0 Å². The molecule has 3 heteroatoms. The summed E-state index contributed by atoms with van der Waals surface area (Å²) in [6.07, 6.45) is 7.56. The van der Waals surface area contributed by atoms with E-state index in [-0.39, 0.29) is 6.04 Å². The highest BCUT2D eigenvalue weighted by Gasteiger charge is 2.24. The summed E-state index contributed by atoms with van der Waals surface area (Å²) in [7, 11) is 0. The quantitative estimate of drug-likeness (QED) is 0.923. The molecule has 98 valence electrons. The molecule has 2 N–H and O–H groups in total. The van der Waals surface area contributed by atoms with Gasteiger partial charge in [-0.05, 0) is 57.4 Å². The molecule has 19 heavy (non-hydrogen) atoms. The summed E-state index contributed by atoms with van der Waals surface area (Å²) in [6.45, 7) is 0. The molecular formula is C16H17BrN2. The molecule has 1 fully saturated rings. The average Bonchev–Trinajstić information content (AvgIpc) is 2.37. The van der Waals surface area contributed by atoms with Crippen LogP contribution in [-0.4, -0.2) is 4.98 Å². The van der Waals surface area contributed by atoms with Crippen molar-refractivity contribution in [2.45, 2.75) is 31.2 Å². The molecule has 1 saturated carbocycles. The molecule has 0 aliphatic heterocycles. The van der Waals surface area contributed by atoms with Crippen LogP contribution >= 0.6 is 15.9 Å². The Bertz CT molecular complexity index is 578. The molecule has 1 atom stereocenters. The van der Waals surface area contributed by atoms with Crippen LogP contribution in [0.25, 0.3) is 0 Å². The predicted octanol–water partition coefficient (Wildman–Crippen LogP) is 4.16. The summed E-state index contributed by atoms with van der Waals surface area (Å²) in [6, 6.07) is 10.5. The van der Waals surface area contributed by atoms with E-state index in [1.807, 2.05) is 6.20 Å². The van der Waals surface area contributed by atoms with E-state index >= 15 is 0 Å². The fourth-order valence-electron chi connectivity index (χ4n) is 2.66. The fraction of sp³-hybridized carbons (Fsp3) is 0.312. The van der Waals surface area contributed by atoms with Gasteiger partial charge in [-0.25, -0.2) is 0 Å². The number of benzene rings is 1. The van der Waals surface area contributed by atoms with Crippen LogP contribution < -0.4 is 5.73 Å². The van der Waals surface area contributed by atoms with Crippen molar-refractivity contribution in [1.82, 2.24) is 4.98 Å². The van der Waals surface area contributed by atoms with Gasteiger partial charge in [-0.15, -0.1) is 0 Å². The Morgan fingerprint density at radius 3 is 2.68 bits per heavy atom. The third kappa shape index (κ3) is 2.58. The van der Waals surface area contributed by atoms with Gasteiger partial charge >= 0.3 is 0 Å². The first-order chi connectivity index (χ1) is 9.25. The van der Waals surface area contributed by atoms with E-state index in [1.165, 1.54) is 30.4 Å². The van der Waals surface area contributed by atoms with E-state index in [0.717, 1.165) is 10.0 Å². The molecule has 3 rings (SSSR count). The maximum absolute atomic E-state index is 6.44. The molecule has 1 unspecified atom stereocenters. The zero-order chi connectivity index (χ0) is 13.2. The molecule has 0 bridgehead atoms. The van der Waals surface area contributed by atoms with Gasteiger partial charge in [0.1, 0.15) is 0 Å². The normalized spacial score (nSPS) is 16.9. The number of halogens is 1. The largest absolute Gasteiger partial charge is 0.320 e. The molecule has 1 aromatic heterocycles. The average molecular weight is 317 g/mol. The Morgan fingerprint density at radius 2 is 2.00 bits per heavy atom. The molecule has 1 aromatic carbocycles. The van der Waals surface area contributed by atoms with Crippen molar-refractivity contribution in [3.8, 4) is 0 Å². The van der Waals surface area contributed by atoms with Crippen molar-refractivity contribution in [3.63, 3.8) is 0 Å². The van der Waals surface area contributed by atoms with Gasteiger partial charge in [-0.3, -0.25) is 4.98 Å². The minimum Gasteiger partial charge on any atom is -0.320 e. The van der Waals surface area contributed by atoms with E-state index in [0.29, 0.717) is 5.92 Å². The van der Waals surface area contributed by atoms with Crippen LogP contribution in [0.15, 0.2) is 47.2 Å². The van der Waals surface area contributed by atoms with E-state index < -0.39 is 0 Å². The summed E-state index contributed by atoms with van der Waals surface area (Å²) in [5.74, 6) is 0.697. The smallest absolute Gasteiger partial charge is 0.0570 e. The Labute approximate surface area is 122 Å². The van der Waals surface area contributed by atoms with Gasteiger partial charge in [-0.1, -0.05) is 30.7 Å². The van der Waals surface area contributed by atoms with Crippen LogP contribution in [0.4, 0.5) is 0 Å². The fourth-order valence-corrected chi connectivity index (χ4v) is 3.05. The third-order valence-corrected chi connectivity index (χ3v) is 4.39. The number of hydrogen-bond acceptors (Lipinski definition) is 2. The predicted molar refractivity (Wildman–Crippen MR) is 81.0 cm³/mol. The zero-order valence-electron chi connectivity index (χ0n) is 10.7. The molecule has 2 aromatic rings. The summed E-state index contributed by atoms with van der Waals surface area (Å²) in [5, 5.41) is 0. The molecule has 1 aliphatic carbocycles. The molecule has 0 saturated heterocycles. The Kier molecular flexibility index (Phi) is 3.67. The SMILES string of the molecule is NC(c1cncc(Br)c1)c1ccccc1C1CCC1. The second-order valence-corrected chi connectivity index (χ2v) is 6.09. The van der Waals surface area contributed by atoms with Gasteiger partial charge in [0.2, 0.25) is 0 Å². The highest BCUT2D eigenvalue weighted by atomic mass is 79.9. The first-order valence-corrected chi connectivity index (χ1v) is 7.50. The standard InChI is InChI=1S/C16H17BrN2/c17-13-8-12(9-19-10-13)16(18)15-7-2-1-6-14(15)11-4-3-5-11/h1-2,6-11,16H,3-5,18H2. The highest BCUT2D eigenvalue weighted by Crippen LogP contribution is 2.40. The Morgan fingerprint density at radius 1 is 1.21 bits per heavy atom. The van der Waals surface area contributed by atoms with Gasteiger partial charge in [0.25, 0.3) is 0 Å². The lowest BCUT2D eigenvalue weighted by Crippen LogP contribution is -2.18. The maximum Gasteiger partial charge on any atom is 0.0570 e. The minimum absolute atomic E-state index is 0.0956. The van der Waals surface area contributed by atoms with Crippen LogP contribution in [0.2, 0.25) is 0 Å². The second kappa shape index (κ2) is 5.43. The van der Waals surface area contributed by atoms with Gasteiger partial charge < -0.3 is 5.73 Å². The molecular weight excluding hydrogens is 300 g/mol. The van der Waals surface area contributed by atoms with Crippen molar-refractivity contribution < 1.29 is 0 Å². The van der Waals surface area contributed by atoms with Gasteiger partial charge in [0.05, 0.1) is 6.04 Å². The lowest BCUT2D eigenvalue weighted by molar-refractivity contribution is 0.416. The van der Waals surface area contributed by atoms with Crippen LogP contribution in [0.3, 0.4) is 0 Å². The van der Waals surface area contributed by atoms with Gasteiger partial charge in [0.15, 0.2) is 0 Å². The van der Waals surface area contributed by atoms with Crippen LogP contribution in [0, 0.1) is 0 Å². The molecule has 1 aliphatic rings. The monoisotopic (exact) mass is 316 g/mol. The molecule has 1 heterocycles. The summed E-state index contributed by atoms with van der Waals surface area (Å²) < 4.78 is 0.974. The van der Waals surface area contributed by atoms with Crippen LogP contribution in [-0.2, 0) is 0 Å². The van der Waals surface area contributed by atoms with Crippen molar-refractivity contribution in [2.24, 2.45) is 5.73 Å².